The summed E-state index contributed by atoms with van der Waals surface area (Å²) in [5.41, 5.74) is 5.51. The van der Waals surface area contributed by atoms with Crippen molar-refractivity contribution in [2.24, 2.45) is 0 Å². The van der Waals surface area contributed by atoms with Crippen molar-refractivity contribution in [3.63, 3.8) is 0 Å². The van der Waals surface area contributed by atoms with Gasteiger partial charge in [0.05, 0.1) is 11.1 Å². The second-order valence-corrected chi connectivity index (χ2v) is 8.78. The van der Waals surface area contributed by atoms with E-state index < -0.39 is 23.8 Å². The van der Waals surface area contributed by atoms with Gasteiger partial charge < -0.3 is 10.6 Å². The molecule has 4 amide bonds. The SMILES string of the molecule is O=C1CCC(N2C(=O)c3ccc(CNCc4ccc5c(c4)CCNCC5)cc3C2=O)C(=O)N1. The molecule has 8 heteroatoms. The Bertz CT molecular complexity index is 1160. The number of carbonyl (C=O) groups is 4. The summed E-state index contributed by atoms with van der Waals surface area (Å²) in [4.78, 5) is 50.4. The van der Waals surface area contributed by atoms with Gasteiger partial charge in [0.2, 0.25) is 11.8 Å². The summed E-state index contributed by atoms with van der Waals surface area (Å²) in [6.07, 6.45) is 2.36. The Morgan fingerprint density at radius 3 is 2.30 bits per heavy atom. The molecule has 1 saturated heterocycles. The fourth-order valence-corrected chi connectivity index (χ4v) is 4.82. The van der Waals surface area contributed by atoms with Crippen molar-refractivity contribution in [2.45, 2.75) is 44.8 Å². The van der Waals surface area contributed by atoms with Gasteiger partial charge in [-0.3, -0.25) is 29.4 Å². The highest BCUT2D eigenvalue weighted by atomic mass is 16.2. The second-order valence-electron chi connectivity index (χ2n) is 8.78. The number of hydrogen-bond donors (Lipinski definition) is 3. The fourth-order valence-electron chi connectivity index (χ4n) is 4.82. The molecule has 1 atom stereocenters. The van der Waals surface area contributed by atoms with E-state index in [1.54, 1.807) is 12.1 Å². The zero-order valence-corrected chi connectivity index (χ0v) is 18.3. The molecule has 1 fully saturated rings. The lowest BCUT2D eigenvalue weighted by molar-refractivity contribution is -0.136. The molecule has 3 aliphatic rings. The largest absolute Gasteiger partial charge is 0.316 e. The third-order valence-electron chi connectivity index (χ3n) is 6.58. The number of fused-ring (bicyclic) bond motifs is 2. The van der Waals surface area contributed by atoms with Gasteiger partial charge in [-0.1, -0.05) is 24.3 Å². The lowest BCUT2D eigenvalue weighted by Gasteiger charge is -2.27. The van der Waals surface area contributed by atoms with Crippen molar-refractivity contribution in [2.75, 3.05) is 13.1 Å². The van der Waals surface area contributed by atoms with Crippen LogP contribution in [0.4, 0.5) is 0 Å². The minimum atomic E-state index is -0.944. The van der Waals surface area contributed by atoms with Crippen LogP contribution in [0.2, 0.25) is 0 Å². The van der Waals surface area contributed by atoms with Gasteiger partial charge in [-0.25, -0.2) is 0 Å². The Morgan fingerprint density at radius 2 is 1.52 bits per heavy atom. The zero-order valence-electron chi connectivity index (χ0n) is 18.3. The van der Waals surface area contributed by atoms with Crippen LogP contribution >= 0.6 is 0 Å². The zero-order chi connectivity index (χ0) is 22.9. The van der Waals surface area contributed by atoms with Gasteiger partial charge in [0.15, 0.2) is 0 Å². The molecule has 3 N–H and O–H groups in total. The molecular formula is C25H26N4O4. The maximum Gasteiger partial charge on any atom is 0.262 e. The average Bonchev–Trinajstić information content (AvgIpc) is 2.95. The van der Waals surface area contributed by atoms with Crippen LogP contribution in [0.15, 0.2) is 36.4 Å². The predicted molar refractivity (Wildman–Crippen MR) is 120 cm³/mol. The van der Waals surface area contributed by atoms with E-state index in [0.29, 0.717) is 24.2 Å². The molecule has 170 valence electrons. The molecule has 5 rings (SSSR count). The van der Waals surface area contributed by atoms with Crippen molar-refractivity contribution in [1.82, 2.24) is 20.9 Å². The number of nitrogens with one attached hydrogen (secondary N) is 3. The maximum atomic E-state index is 13.0. The molecule has 3 aliphatic heterocycles. The van der Waals surface area contributed by atoms with E-state index in [-0.39, 0.29) is 18.7 Å². The quantitative estimate of drug-likeness (QED) is 0.593. The van der Waals surface area contributed by atoms with E-state index in [1.165, 1.54) is 16.7 Å². The topological polar surface area (TPSA) is 108 Å². The standard InChI is InChI=1S/C25H26N4O4/c30-22-6-5-21(23(31)28-22)29-24(32)19-4-2-16(12-20(19)25(29)33)14-27-13-15-1-3-17-7-9-26-10-8-18(17)11-15/h1-4,11-12,21,26-27H,5-10,13-14H2,(H,28,30,31). The van der Waals surface area contributed by atoms with Gasteiger partial charge in [-0.15, -0.1) is 0 Å². The summed E-state index contributed by atoms with van der Waals surface area (Å²) >= 11 is 0. The van der Waals surface area contributed by atoms with Crippen LogP contribution in [0.5, 0.6) is 0 Å². The lowest BCUT2D eigenvalue weighted by atomic mass is 10.00. The van der Waals surface area contributed by atoms with Crippen LogP contribution in [0.3, 0.4) is 0 Å². The Hall–Kier alpha value is -3.36. The van der Waals surface area contributed by atoms with E-state index in [1.807, 2.05) is 6.07 Å². The van der Waals surface area contributed by atoms with Gasteiger partial charge in [-0.2, -0.15) is 0 Å². The molecule has 3 heterocycles. The summed E-state index contributed by atoms with van der Waals surface area (Å²) in [6.45, 7) is 3.27. The summed E-state index contributed by atoms with van der Waals surface area (Å²) in [7, 11) is 0. The first-order valence-corrected chi connectivity index (χ1v) is 11.4. The maximum absolute atomic E-state index is 13.0. The molecule has 0 saturated carbocycles. The van der Waals surface area contributed by atoms with Crippen molar-refractivity contribution >= 4 is 23.6 Å². The van der Waals surface area contributed by atoms with Crippen LogP contribution in [0.25, 0.3) is 0 Å². The number of nitrogens with zero attached hydrogens (tertiary/aromatic N) is 1. The number of piperidine rings is 1. The molecule has 0 aromatic heterocycles. The van der Waals surface area contributed by atoms with Crippen LogP contribution in [0.1, 0.15) is 55.8 Å². The normalized spacial score (nSPS) is 20.4. The van der Waals surface area contributed by atoms with Gasteiger partial charge >= 0.3 is 0 Å². The summed E-state index contributed by atoms with van der Waals surface area (Å²) < 4.78 is 0. The van der Waals surface area contributed by atoms with Gasteiger partial charge in [0, 0.05) is 19.5 Å². The molecule has 0 radical (unpaired) electrons. The Labute approximate surface area is 191 Å². The first-order valence-electron chi connectivity index (χ1n) is 11.4. The predicted octanol–water partition coefficient (Wildman–Crippen LogP) is 1.07. The smallest absolute Gasteiger partial charge is 0.262 e. The second kappa shape index (κ2) is 8.88. The number of amides is 4. The van der Waals surface area contributed by atoms with E-state index >= 15 is 0 Å². The van der Waals surface area contributed by atoms with Crippen LogP contribution in [0, 0.1) is 0 Å². The van der Waals surface area contributed by atoms with Crippen molar-refractivity contribution in [3.05, 3.63) is 69.8 Å². The Morgan fingerprint density at radius 1 is 0.818 bits per heavy atom. The lowest BCUT2D eigenvalue weighted by Crippen LogP contribution is -2.54. The summed E-state index contributed by atoms with van der Waals surface area (Å²) in [5, 5.41) is 9.06. The number of imide groups is 2. The van der Waals surface area contributed by atoms with Crippen LogP contribution in [-0.4, -0.2) is 47.7 Å². The minimum Gasteiger partial charge on any atom is -0.316 e. The van der Waals surface area contributed by atoms with Crippen LogP contribution in [-0.2, 0) is 35.5 Å². The van der Waals surface area contributed by atoms with E-state index in [0.717, 1.165) is 36.4 Å². The van der Waals surface area contributed by atoms with E-state index in [9.17, 15) is 19.2 Å². The highest BCUT2D eigenvalue weighted by molar-refractivity contribution is 6.23. The van der Waals surface area contributed by atoms with E-state index in [2.05, 4.69) is 34.1 Å². The molecule has 0 spiro atoms. The Balaban J connectivity index is 1.25. The highest BCUT2D eigenvalue weighted by Gasteiger charge is 2.44. The molecule has 1 unspecified atom stereocenters. The van der Waals surface area contributed by atoms with Gasteiger partial charge in [0.1, 0.15) is 6.04 Å². The van der Waals surface area contributed by atoms with Crippen molar-refractivity contribution < 1.29 is 19.2 Å². The first-order chi connectivity index (χ1) is 16.0. The number of benzene rings is 2. The molecule has 2 aromatic carbocycles. The first kappa shape index (κ1) is 21.5. The third kappa shape index (κ3) is 4.19. The van der Waals surface area contributed by atoms with Gasteiger partial charge in [-0.05, 0) is 66.7 Å². The molecular weight excluding hydrogens is 420 g/mol. The van der Waals surface area contributed by atoms with Crippen molar-refractivity contribution in [1.29, 1.82) is 0 Å². The number of rotatable bonds is 5. The monoisotopic (exact) mass is 446 g/mol. The average molecular weight is 447 g/mol. The molecule has 8 nitrogen and oxygen atoms in total. The van der Waals surface area contributed by atoms with Crippen molar-refractivity contribution in [3.8, 4) is 0 Å². The van der Waals surface area contributed by atoms with Gasteiger partial charge in [0.25, 0.3) is 11.8 Å². The molecule has 2 aromatic rings. The Kier molecular flexibility index (Phi) is 5.78. The molecule has 33 heavy (non-hydrogen) atoms. The van der Waals surface area contributed by atoms with E-state index in [4.69, 9.17) is 0 Å². The minimum absolute atomic E-state index is 0.109. The molecule has 0 bridgehead atoms. The number of carbonyl (C=O) groups excluding carboxylic acids is 4. The third-order valence-corrected chi connectivity index (χ3v) is 6.58. The summed E-state index contributed by atoms with van der Waals surface area (Å²) in [5.74, 6) is -1.94. The highest BCUT2D eigenvalue weighted by Crippen LogP contribution is 2.28. The van der Waals surface area contributed by atoms with Crippen LogP contribution < -0.4 is 16.0 Å². The molecule has 0 aliphatic carbocycles. The summed E-state index contributed by atoms with van der Waals surface area (Å²) in [6, 6.07) is 10.9. The number of hydrogen-bond acceptors (Lipinski definition) is 6. The fraction of sp³-hybridized carbons (Fsp3) is 0.360.